The molecule has 0 spiro atoms. The summed E-state index contributed by atoms with van der Waals surface area (Å²) in [7, 11) is 1.64. The van der Waals surface area contributed by atoms with Crippen LogP contribution in [0.2, 0.25) is 0 Å². The van der Waals surface area contributed by atoms with E-state index < -0.39 is 0 Å². The second kappa shape index (κ2) is 3.03. The predicted molar refractivity (Wildman–Crippen MR) is 45.8 cm³/mol. The Morgan fingerprint density at radius 1 is 1.77 bits per heavy atom. The molecule has 2 unspecified atom stereocenters. The molecule has 0 saturated carbocycles. The van der Waals surface area contributed by atoms with E-state index in [0.29, 0.717) is 13.0 Å². The van der Waals surface area contributed by atoms with Crippen LogP contribution in [0.4, 0.5) is 0 Å². The van der Waals surface area contributed by atoms with Gasteiger partial charge in [-0.2, -0.15) is 0 Å². The fourth-order valence-corrected chi connectivity index (χ4v) is 1.74. The maximum Gasteiger partial charge on any atom is 0.231 e. The Kier molecular flexibility index (Phi) is 2.00. The average molecular weight is 183 g/mol. The van der Waals surface area contributed by atoms with Crippen molar-refractivity contribution < 1.29 is 14.3 Å². The van der Waals surface area contributed by atoms with Crippen LogP contribution in [0.15, 0.2) is 11.8 Å². The molecule has 4 nitrogen and oxygen atoms in total. The van der Waals surface area contributed by atoms with Crippen molar-refractivity contribution in [2.24, 2.45) is 0 Å². The van der Waals surface area contributed by atoms with Gasteiger partial charge in [-0.25, -0.2) is 0 Å². The van der Waals surface area contributed by atoms with Gasteiger partial charge in [0, 0.05) is 7.11 Å². The molecule has 72 valence electrons. The lowest BCUT2D eigenvalue weighted by molar-refractivity contribution is -0.156. The molecule has 2 fully saturated rings. The van der Waals surface area contributed by atoms with Crippen LogP contribution in [0.1, 0.15) is 13.3 Å². The van der Waals surface area contributed by atoms with E-state index in [1.807, 2.05) is 13.0 Å². The van der Waals surface area contributed by atoms with Crippen LogP contribution in [0, 0.1) is 0 Å². The summed E-state index contributed by atoms with van der Waals surface area (Å²) >= 11 is 0. The summed E-state index contributed by atoms with van der Waals surface area (Å²) in [6.45, 7) is 2.51. The largest absolute Gasteiger partial charge is 0.472 e. The zero-order valence-corrected chi connectivity index (χ0v) is 7.82. The predicted octanol–water partition coefficient (Wildman–Crippen LogP) is 0.494. The van der Waals surface area contributed by atoms with Crippen molar-refractivity contribution in [3.63, 3.8) is 0 Å². The molecule has 0 aromatic carbocycles. The summed E-state index contributed by atoms with van der Waals surface area (Å²) < 4.78 is 10.4. The summed E-state index contributed by atoms with van der Waals surface area (Å²) in [5.41, 5.74) is 0. The van der Waals surface area contributed by atoms with E-state index >= 15 is 0 Å². The second-order valence-corrected chi connectivity index (χ2v) is 3.32. The normalized spacial score (nSPS) is 34.5. The molecule has 1 amide bonds. The fourth-order valence-electron chi connectivity index (χ4n) is 1.74. The van der Waals surface area contributed by atoms with Gasteiger partial charge in [0.15, 0.2) is 6.23 Å². The van der Waals surface area contributed by atoms with Crippen molar-refractivity contribution in [2.45, 2.75) is 25.6 Å². The minimum Gasteiger partial charge on any atom is -0.472 e. The van der Waals surface area contributed by atoms with E-state index in [9.17, 15) is 4.79 Å². The number of hydrogen-bond donors (Lipinski definition) is 0. The summed E-state index contributed by atoms with van der Waals surface area (Å²) in [6.07, 6.45) is 2.40. The van der Waals surface area contributed by atoms with Crippen LogP contribution in [0.25, 0.3) is 0 Å². The summed E-state index contributed by atoms with van der Waals surface area (Å²) in [4.78, 5) is 12.9. The first-order valence-electron chi connectivity index (χ1n) is 4.41. The molecule has 2 saturated heterocycles. The van der Waals surface area contributed by atoms with E-state index in [4.69, 9.17) is 9.47 Å². The third-order valence-electron chi connectivity index (χ3n) is 2.50. The molecule has 0 bridgehead atoms. The summed E-state index contributed by atoms with van der Waals surface area (Å²) in [5, 5.41) is 0. The van der Waals surface area contributed by atoms with Crippen molar-refractivity contribution in [1.29, 1.82) is 0 Å². The Morgan fingerprint density at radius 3 is 3.08 bits per heavy atom. The molecule has 13 heavy (non-hydrogen) atoms. The highest BCUT2D eigenvalue weighted by Crippen LogP contribution is 2.35. The Hall–Kier alpha value is -1.03. The number of β-lactam (4-membered cyclic amide) rings is 1. The van der Waals surface area contributed by atoms with Crippen LogP contribution in [-0.4, -0.2) is 36.8 Å². The lowest BCUT2D eigenvalue weighted by Crippen LogP contribution is -2.51. The molecule has 2 atom stereocenters. The lowest BCUT2D eigenvalue weighted by Gasteiger charge is -2.33. The summed E-state index contributed by atoms with van der Waals surface area (Å²) in [6, 6.07) is 0.0846. The van der Waals surface area contributed by atoms with Gasteiger partial charge in [0.25, 0.3) is 0 Å². The number of fused-ring (bicyclic) bond motifs is 1. The van der Waals surface area contributed by atoms with Gasteiger partial charge in [-0.3, -0.25) is 9.69 Å². The van der Waals surface area contributed by atoms with Crippen molar-refractivity contribution >= 4 is 5.91 Å². The average Bonchev–Trinajstić information content (AvgIpc) is 2.33. The topological polar surface area (TPSA) is 38.8 Å². The zero-order chi connectivity index (χ0) is 9.42. The molecule has 0 aliphatic carbocycles. The molecular formula is C9H13NO3. The molecule has 0 aromatic rings. The van der Waals surface area contributed by atoms with Crippen LogP contribution in [0.3, 0.4) is 0 Å². The number of carbonyl (C=O) groups is 1. The number of nitrogens with zero attached hydrogens (tertiary/aromatic N) is 1. The van der Waals surface area contributed by atoms with Gasteiger partial charge < -0.3 is 9.47 Å². The minimum atomic E-state index is -0.00870. The molecule has 0 radical (unpaired) electrons. The first-order valence-corrected chi connectivity index (χ1v) is 4.41. The molecule has 2 heterocycles. The second-order valence-electron chi connectivity index (χ2n) is 3.32. The first kappa shape index (κ1) is 8.56. The Labute approximate surface area is 77.1 Å². The number of carbonyl (C=O) groups excluding carboxylic acids is 1. The van der Waals surface area contributed by atoms with Gasteiger partial charge in [-0.15, -0.1) is 0 Å². The highest BCUT2D eigenvalue weighted by atomic mass is 16.5. The summed E-state index contributed by atoms with van der Waals surface area (Å²) in [5.74, 6) is 1.04. The van der Waals surface area contributed by atoms with E-state index in [-0.39, 0.29) is 18.2 Å². The van der Waals surface area contributed by atoms with Gasteiger partial charge in [0.05, 0.1) is 19.1 Å². The monoisotopic (exact) mass is 183 g/mol. The molecule has 2 aliphatic heterocycles. The van der Waals surface area contributed by atoms with E-state index in [0.717, 1.165) is 5.76 Å². The highest BCUT2D eigenvalue weighted by molar-refractivity contribution is 5.83. The van der Waals surface area contributed by atoms with Crippen LogP contribution >= 0.6 is 0 Å². The van der Waals surface area contributed by atoms with Crippen molar-refractivity contribution in [3.05, 3.63) is 11.8 Å². The molecular weight excluding hydrogens is 170 g/mol. The van der Waals surface area contributed by atoms with E-state index in [2.05, 4.69) is 0 Å². The van der Waals surface area contributed by atoms with Gasteiger partial charge in [-0.05, 0) is 13.0 Å². The van der Waals surface area contributed by atoms with Crippen LogP contribution < -0.4 is 0 Å². The highest BCUT2D eigenvalue weighted by Gasteiger charge is 2.48. The molecule has 2 aliphatic rings. The number of hydrogen-bond acceptors (Lipinski definition) is 3. The van der Waals surface area contributed by atoms with Gasteiger partial charge in [0.1, 0.15) is 5.76 Å². The van der Waals surface area contributed by atoms with E-state index in [1.165, 1.54) is 0 Å². The lowest BCUT2D eigenvalue weighted by atomic mass is 10.1. The standard InChI is InChI=1S/C9H13NO3/c1-6-7(3-4-12-2)13-9-5-8(11)10(6)9/h3,6,9H,4-5H2,1-2H3/b7-3-. The van der Waals surface area contributed by atoms with Crippen LogP contribution in [-0.2, 0) is 14.3 Å². The van der Waals surface area contributed by atoms with E-state index in [1.54, 1.807) is 12.0 Å². The Morgan fingerprint density at radius 2 is 2.54 bits per heavy atom. The molecule has 0 N–H and O–H groups in total. The van der Waals surface area contributed by atoms with Crippen molar-refractivity contribution in [2.75, 3.05) is 13.7 Å². The zero-order valence-electron chi connectivity index (χ0n) is 7.82. The quantitative estimate of drug-likeness (QED) is 0.585. The number of ether oxygens (including phenoxy) is 2. The van der Waals surface area contributed by atoms with Gasteiger partial charge >= 0.3 is 0 Å². The number of rotatable bonds is 2. The maximum absolute atomic E-state index is 11.1. The Balaban J connectivity index is 2.05. The van der Waals surface area contributed by atoms with Crippen molar-refractivity contribution in [3.8, 4) is 0 Å². The number of amides is 1. The first-order chi connectivity index (χ1) is 6.24. The Bertz CT molecular complexity index is 262. The SMILES string of the molecule is COC/C=C1\OC2CC(=O)N2C1C. The van der Waals surface area contributed by atoms with Crippen LogP contribution in [0.5, 0.6) is 0 Å². The third-order valence-corrected chi connectivity index (χ3v) is 2.50. The molecule has 0 aromatic heterocycles. The molecule has 2 rings (SSSR count). The fraction of sp³-hybridized carbons (Fsp3) is 0.667. The third kappa shape index (κ3) is 1.21. The van der Waals surface area contributed by atoms with Gasteiger partial charge in [-0.1, -0.05) is 0 Å². The number of methoxy groups -OCH3 is 1. The smallest absolute Gasteiger partial charge is 0.231 e. The molecule has 4 heteroatoms. The minimum absolute atomic E-state index is 0.00870. The maximum atomic E-state index is 11.1. The van der Waals surface area contributed by atoms with Crippen molar-refractivity contribution in [1.82, 2.24) is 4.90 Å². The van der Waals surface area contributed by atoms with Gasteiger partial charge in [0.2, 0.25) is 5.91 Å².